The van der Waals surface area contributed by atoms with Crippen molar-refractivity contribution in [2.24, 2.45) is 5.73 Å². The molecule has 1 aliphatic rings. The summed E-state index contributed by atoms with van der Waals surface area (Å²) in [6.45, 7) is 4.27. The zero-order valence-electron chi connectivity index (χ0n) is 6.91. The number of aliphatic hydroxyl groups is 1. The molecule has 0 aromatic rings. The molecule has 0 bridgehead atoms. The van der Waals surface area contributed by atoms with Crippen LogP contribution in [0.5, 0.6) is 0 Å². The lowest BCUT2D eigenvalue weighted by atomic mass is 10.2. The molecule has 1 rings (SSSR count). The Labute approximate surface area is 66.3 Å². The molecule has 11 heavy (non-hydrogen) atoms. The Balaban J connectivity index is 2.41. The molecule has 1 fully saturated rings. The van der Waals surface area contributed by atoms with Crippen LogP contribution in [0.15, 0.2) is 0 Å². The molecule has 4 heteroatoms. The maximum Gasteiger partial charge on any atom is 0.163 e. The van der Waals surface area contributed by atoms with Gasteiger partial charge < -0.3 is 20.3 Å². The molecule has 3 N–H and O–H groups in total. The molecule has 1 saturated heterocycles. The van der Waals surface area contributed by atoms with E-state index in [1.54, 1.807) is 0 Å². The second-order valence-corrected chi connectivity index (χ2v) is 3.17. The number of rotatable bonds is 2. The summed E-state index contributed by atoms with van der Waals surface area (Å²) in [5.41, 5.74) is 5.25. The molecule has 1 heterocycles. The number of hydrogen-bond acceptors (Lipinski definition) is 4. The van der Waals surface area contributed by atoms with Crippen molar-refractivity contribution in [1.82, 2.24) is 0 Å². The summed E-state index contributed by atoms with van der Waals surface area (Å²) in [7, 11) is 0. The van der Waals surface area contributed by atoms with Gasteiger partial charge in [-0.3, -0.25) is 0 Å². The van der Waals surface area contributed by atoms with Crippen molar-refractivity contribution in [2.45, 2.75) is 31.8 Å². The molecule has 0 saturated carbocycles. The minimum Gasteiger partial charge on any atom is -0.389 e. The first kappa shape index (κ1) is 8.93. The third-order valence-corrected chi connectivity index (χ3v) is 1.70. The van der Waals surface area contributed by atoms with Crippen LogP contribution >= 0.6 is 0 Å². The molecule has 0 radical (unpaired) electrons. The van der Waals surface area contributed by atoms with Crippen LogP contribution in [0.25, 0.3) is 0 Å². The smallest absolute Gasteiger partial charge is 0.163 e. The van der Waals surface area contributed by atoms with Gasteiger partial charge in [-0.25, -0.2) is 0 Å². The SMILES string of the molecule is CC1(C)OC[C@@H]([C@@H](O)CN)O1. The van der Waals surface area contributed by atoms with E-state index < -0.39 is 11.9 Å². The Morgan fingerprint density at radius 3 is 2.73 bits per heavy atom. The maximum absolute atomic E-state index is 9.26. The highest BCUT2D eigenvalue weighted by Crippen LogP contribution is 2.23. The Hall–Kier alpha value is -0.160. The van der Waals surface area contributed by atoms with Gasteiger partial charge in [0.05, 0.1) is 12.7 Å². The fraction of sp³-hybridized carbons (Fsp3) is 1.00. The molecule has 0 unspecified atom stereocenters. The first-order valence-corrected chi connectivity index (χ1v) is 3.75. The standard InChI is InChI=1S/C7H15NO3/c1-7(2)10-4-6(11-7)5(9)3-8/h5-6,9H,3-4,8H2,1-2H3/t5-,6-/m0/s1. The molecular weight excluding hydrogens is 146 g/mol. The lowest BCUT2D eigenvalue weighted by Gasteiger charge is -2.19. The van der Waals surface area contributed by atoms with Crippen molar-refractivity contribution in [3.05, 3.63) is 0 Å². The van der Waals surface area contributed by atoms with Crippen LogP contribution in [0.1, 0.15) is 13.8 Å². The van der Waals surface area contributed by atoms with Crippen LogP contribution in [-0.2, 0) is 9.47 Å². The Morgan fingerprint density at radius 1 is 1.73 bits per heavy atom. The number of hydrogen-bond donors (Lipinski definition) is 2. The van der Waals surface area contributed by atoms with Crippen molar-refractivity contribution in [3.8, 4) is 0 Å². The highest BCUT2D eigenvalue weighted by atomic mass is 16.7. The monoisotopic (exact) mass is 161 g/mol. The summed E-state index contributed by atoms with van der Waals surface area (Å²) >= 11 is 0. The van der Waals surface area contributed by atoms with Gasteiger partial charge in [0.25, 0.3) is 0 Å². The van der Waals surface area contributed by atoms with Gasteiger partial charge in [0.15, 0.2) is 5.79 Å². The van der Waals surface area contributed by atoms with Crippen LogP contribution in [0.3, 0.4) is 0 Å². The fourth-order valence-corrected chi connectivity index (χ4v) is 1.06. The third kappa shape index (κ3) is 2.13. The largest absolute Gasteiger partial charge is 0.389 e. The van der Waals surface area contributed by atoms with Crippen molar-refractivity contribution in [1.29, 1.82) is 0 Å². The number of nitrogens with two attached hydrogens (primary N) is 1. The molecule has 0 spiro atoms. The zero-order chi connectivity index (χ0) is 8.48. The highest BCUT2D eigenvalue weighted by Gasteiger charge is 2.35. The summed E-state index contributed by atoms with van der Waals surface area (Å²) in [5, 5.41) is 9.26. The van der Waals surface area contributed by atoms with Crippen LogP contribution in [-0.4, -0.2) is 36.3 Å². The van der Waals surface area contributed by atoms with Crippen LogP contribution in [0.4, 0.5) is 0 Å². The molecule has 66 valence electrons. The predicted octanol–water partition coefficient (Wildman–Crippen LogP) is -0.542. The van der Waals surface area contributed by atoms with Crippen molar-refractivity contribution in [2.75, 3.05) is 13.2 Å². The predicted molar refractivity (Wildman–Crippen MR) is 40.0 cm³/mol. The molecular formula is C7H15NO3. The first-order valence-electron chi connectivity index (χ1n) is 3.75. The van der Waals surface area contributed by atoms with Gasteiger partial charge in [0.1, 0.15) is 6.10 Å². The van der Waals surface area contributed by atoms with Crippen LogP contribution < -0.4 is 5.73 Å². The van der Waals surface area contributed by atoms with Gasteiger partial charge in [0, 0.05) is 6.54 Å². The maximum atomic E-state index is 9.26. The van der Waals surface area contributed by atoms with E-state index in [1.165, 1.54) is 0 Å². The molecule has 1 aliphatic heterocycles. The van der Waals surface area contributed by atoms with Gasteiger partial charge in [-0.2, -0.15) is 0 Å². The van der Waals surface area contributed by atoms with Gasteiger partial charge in [-0.1, -0.05) is 0 Å². The van der Waals surface area contributed by atoms with Crippen molar-refractivity contribution >= 4 is 0 Å². The topological polar surface area (TPSA) is 64.7 Å². The van der Waals surface area contributed by atoms with Crippen LogP contribution in [0, 0.1) is 0 Å². The average molecular weight is 161 g/mol. The van der Waals surface area contributed by atoms with E-state index in [4.69, 9.17) is 15.2 Å². The van der Waals surface area contributed by atoms with Gasteiger partial charge in [0.2, 0.25) is 0 Å². The van der Waals surface area contributed by atoms with Gasteiger partial charge in [-0.05, 0) is 13.8 Å². The minimum absolute atomic E-state index is 0.212. The van der Waals surface area contributed by atoms with E-state index in [9.17, 15) is 5.11 Å². The number of ether oxygens (including phenoxy) is 2. The van der Waals surface area contributed by atoms with Crippen molar-refractivity contribution < 1.29 is 14.6 Å². The highest BCUT2D eigenvalue weighted by molar-refractivity contribution is 4.77. The zero-order valence-corrected chi connectivity index (χ0v) is 6.91. The van der Waals surface area contributed by atoms with E-state index in [0.29, 0.717) is 6.61 Å². The molecule has 0 aromatic heterocycles. The first-order chi connectivity index (χ1) is 5.05. The fourth-order valence-electron chi connectivity index (χ4n) is 1.06. The van der Waals surface area contributed by atoms with Crippen LogP contribution in [0.2, 0.25) is 0 Å². The van der Waals surface area contributed by atoms with E-state index in [1.807, 2.05) is 13.8 Å². The normalized spacial score (nSPS) is 32.2. The summed E-state index contributed by atoms with van der Waals surface area (Å²) in [6, 6.07) is 0. The van der Waals surface area contributed by atoms with E-state index in [2.05, 4.69) is 0 Å². The van der Waals surface area contributed by atoms with E-state index in [0.717, 1.165) is 0 Å². The second-order valence-electron chi connectivity index (χ2n) is 3.17. The molecule has 4 nitrogen and oxygen atoms in total. The average Bonchev–Trinajstić information content (AvgIpc) is 2.29. The third-order valence-electron chi connectivity index (χ3n) is 1.70. The minimum atomic E-state index is -0.614. The quantitative estimate of drug-likeness (QED) is 0.570. The van der Waals surface area contributed by atoms with Gasteiger partial charge in [-0.15, -0.1) is 0 Å². The Bertz CT molecular complexity index is 138. The summed E-state index contributed by atoms with van der Waals surface area (Å²) in [4.78, 5) is 0. The summed E-state index contributed by atoms with van der Waals surface area (Å²) in [5.74, 6) is -0.569. The molecule has 0 amide bonds. The van der Waals surface area contributed by atoms with E-state index >= 15 is 0 Å². The van der Waals surface area contributed by atoms with E-state index in [-0.39, 0.29) is 12.6 Å². The van der Waals surface area contributed by atoms with Crippen molar-refractivity contribution in [3.63, 3.8) is 0 Å². The summed E-state index contributed by atoms with van der Waals surface area (Å²) in [6.07, 6.45) is -0.883. The molecule has 0 aromatic carbocycles. The summed E-state index contributed by atoms with van der Waals surface area (Å²) < 4.78 is 10.6. The molecule has 2 atom stereocenters. The lowest BCUT2D eigenvalue weighted by Crippen LogP contribution is -2.36. The lowest BCUT2D eigenvalue weighted by molar-refractivity contribution is -0.150. The molecule has 0 aliphatic carbocycles. The Kier molecular flexibility index (Phi) is 2.49. The van der Waals surface area contributed by atoms with Gasteiger partial charge >= 0.3 is 0 Å². The number of aliphatic hydroxyl groups excluding tert-OH is 1. The Morgan fingerprint density at radius 2 is 2.36 bits per heavy atom. The second kappa shape index (κ2) is 3.06.